The SMILES string of the molecule is CCC(c1ccc(Cl)cc1)N1CCOC(CN(C)CC(=O)O)C1. The second-order valence-corrected chi connectivity index (χ2v) is 6.49. The summed E-state index contributed by atoms with van der Waals surface area (Å²) >= 11 is 5.98. The van der Waals surface area contributed by atoms with Crippen LogP contribution in [0.5, 0.6) is 0 Å². The Morgan fingerprint density at radius 1 is 1.48 bits per heavy atom. The second kappa shape index (κ2) is 8.64. The molecule has 1 N–H and O–H groups in total. The first kappa shape index (κ1) is 18.2. The maximum absolute atomic E-state index is 10.8. The number of nitrogens with zero attached hydrogens (tertiary/aromatic N) is 2. The molecular weight excluding hydrogens is 316 g/mol. The molecule has 128 valence electrons. The van der Waals surface area contributed by atoms with Gasteiger partial charge < -0.3 is 9.84 Å². The van der Waals surface area contributed by atoms with Crippen LogP contribution in [-0.4, -0.2) is 66.8 Å². The predicted octanol–water partition coefficient (Wildman–Crippen LogP) is 2.51. The highest BCUT2D eigenvalue weighted by Gasteiger charge is 2.27. The molecule has 0 saturated carbocycles. The van der Waals surface area contributed by atoms with Crippen LogP contribution in [0.1, 0.15) is 24.9 Å². The average molecular weight is 341 g/mol. The molecule has 0 spiro atoms. The van der Waals surface area contributed by atoms with Gasteiger partial charge in [-0.2, -0.15) is 0 Å². The normalized spacial score (nSPS) is 20.6. The Balaban J connectivity index is 1.98. The highest BCUT2D eigenvalue weighted by atomic mass is 35.5. The molecule has 0 amide bonds. The van der Waals surface area contributed by atoms with Crippen LogP contribution in [0.2, 0.25) is 5.02 Å². The molecule has 0 radical (unpaired) electrons. The van der Waals surface area contributed by atoms with Gasteiger partial charge in [0.25, 0.3) is 0 Å². The van der Waals surface area contributed by atoms with E-state index in [2.05, 4.69) is 24.0 Å². The van der Waals surface area contributed by atoms with Crippen LogP contribution in [0.4, 0.5) is 0 Å². The van der Waals surface area contributed by atoms with Crippen molar-refractivity contribution >= 4 is 17.6 Å². The van der Waals surface area contributed by atoms with Crippen molar-refractivity contribution in [3.05, 3.63) is 34.9 Å². The van der Waals surface area contributed by atoms with E-state index in [1.807, 2.05) is 19.2 Å². The summed E-state index contributed by atoms with van der Waals surface area (Å²) in [7, 11) is 1.81. The van der Waals surface area contributed by atoms with Crippen LogP contribution in [0, 0.1) is 0 Å². The molecule has 23 heavy (non-hydrogen) atoms. The zero-order chi connectivity index (χ0) is 16.8. The second-order valence-electron chi connectivity index (χ2n) is 6.05. The van der Waals surface area contributed by atoms with Gasteiger partial charge in [-0.05, 0) is 31.2 Å². The summed E-state index contributed by atoms with van der Waals surface area (Å²) in [6.07, 6.45) is 1.05. The first-order valence-corrected chi connectivity index (χ1v) is 8.38. The maximum atomic E-state index is 10.8. The van der Waals surface area contributed by atoms with E-state index in [0.717, 1.165) is 24.5 Å². The van der Waals surface area contributed by atoms with Crippen LogP contribution in [-0.2, 0) is 9.53 Å². The van der Waals surface area contributed by atoms with E-state index >= 15 is 0 Å². The topological polar surface area (TPSA) is 53.0 Å². The number of carboxylic acid groups (broad SMARTS) is 1. The van der Waals surface area contributed by atoms with Crippen molar-refractivity contribution in [1.82, 2.24) is 9.80 Å². The summed E-state index contributed by atoms with van der Waals surface area (Å²) in [4.78, 5) is 15.0. The molecule has 1 aromatic carbocycles. The Kier molecular flexibility index (Phi) is 6.84. The van der Waals surface area contributed by atoms with Gasteiger partial charge in [0, 0.05) is 30.7 Å². The van der Waals surface area contributed by atoms with E-state index in [-0.39, 0.29) is 12.6 Å². The number of hydrogen-bond acceptors (Lipinski definition) is 4. The van der Waals surface area contributed by atoms with Crippen molar-refractivity contribution in [2.45, 2.75) is 25.5 Å². The van der Waals surface area contributed by atoms with Crippen LogP contribution >= 0.6 is 11.6 Å². The van der Waals surface area contributed by atoms with E-state index in [4.69, 9.17) is 21.4 Å². The Morgan fingerprint density at radius 3 is 2.78 bits per heavy atom. The number of ether oxygens (including phenoxy) is 1. The number of likely N-dealkylation sites (N-methyl/N-ethyl adjacent to an activating group) is 1. The average Bonchev–Trinajstić information content (AvgIpc) is 2.49. The smallest absolute Gasteiger partial charge is 0.317 e. The van der Waals surface area contributed by atoms with E-state index in [1.165, 1.54) is 5.56 Å². The van der Waals surface area contributed by atoms with Crippen LogP contribution in [0.15, 0.2) is 24.3 Å². The summed E-state index contributed by atoms with van der Waals surface area (Å²) in [5.74, 6) is -0.812. The predicted molar refractivity (Wildman–Crippen MR) is 90.9 cm³/mol. The number of halogens is 1. The Morgan fingerprint density at radius 2 is 2.17 bits per heavy atom. The summed E-state index contributed by atoms with van der Waals surface area (Å²) in [5.41, 5.74) is 1.26. The molecule has 6 heteroatoms. The monoisotopic (exact) mass is 340 g/mol. The lowest BCUT2D eigenvalue weighted by molar-refractivity contribution is -0.138. The number of aliphatic carboxylic acids is 1. The maximum Gasteiger partial charge on any atom is 0.317 e. The van der Waals surface area contributed by atoms with E-state index in [9.17, 15) is 4.79 Å². The zero-order valence-electron chi connectivity index (χ0n) is 13.7. The fraction of sp³-hybridized carbons (Fsp3) is 0.588. The molecule has 1 saturated heterocycles. The molecule has 2 rings (SSSR count). The molecular formula is C17H25ClN2O3. The first-order chi connectivity index (χ1) is 11.0. The Bertz CT molecular complexity index is 509. The number of carboxylic acids is 1. The Labute approximate surface area is 142 Å². The van der Waals surface area contributed by atoms with Gasteiger partial charge in [0.1, 0.15) is 0 Å². The minimum atomic E-state index is -0.812. The molecule has 0 aromatic heterocycles. The number of rotatable bonds is 7. The fourth-order valence-corrected chi connectivity index (χ4v) is 3.29. The zero-order valence-corrected chi connectivity index (χ0v) is 14.5. The van der Waals surface area contributed by atoms with Gasteiger partial charge >= 0.3 is 5.97 Å². The van der Waals surface area contributed by atoms with Gasteiger partial charge in [-0.15, -0.1) is 0 Å². The summed E-state index contributed by atoms with van der Waals surface area (Å²) in [6.45, 7) is 5.22. The summed E-state index contributed by atoms with van der Waals surface area (Å²) in [5, 5.41) is 9.61. The van der Waals surface area contributed by atoms with Gasteiger partial charge in [-0.25, -0.2) is 0 Å². The van der Waals surface area contributed by atoms with Crippen molar-refractivity contribution in [1.29, 1.82) is 0 Å². The quantitative estimate of drug-likeness (QED) is 0.826. The third kappa shape index (κ3) is 5.46. The van der Waals surface area contributed by atoms with Crippen molar-refractivity contribution in [3.63, 3.8) is 0 Å². The summed E-state index contributed by atoms with van der Waals surface area (Å²) < 4.78 is 5.81. The van der Waals surface area contributed by atoms with Gasteiger partial charge in [-0.1, -0.05) is 30.7 Å². The largest absolute Gasteiger partial charge is 0.480 e. The third-order valence-electron chi connectivity index (χ3n) is 4.17. The van der Waals surface area contributed by atoms with Gasteiger partial charge in [-0.3, -0.25) is 14.6 Å². The van der Waals surface area contributed by atoms with Crippen LogP contribution in [0.25, 0.3) is 0 Å². The van der Waals surface area contributed by atoms with E-state index in [0.29, 0.717) is 19.2 Å². The molecule has 1 fully saturated rings. The molecule has 5 nitrogen and oxygen atoms in total. The standard InChI is InChI=1S/C17H25ClN2O3/c1-3-16(13-4-6-14(18)7-5-13)20-8-9-23-15(11-20)10-19(2)12-17(21)22/h4-7,15-16H,3,8-12H2,1-2H3,(H,21,22). The van der Waals surface area contributed by atoms with Crippen LogP contribution in [0.3, 0.4) is 0 Å². The minimum absolute atomic E-state index is 0.0360. The lowest BCUT2D eigenvalue weighted by Crippen LogP contribution is -2.48. The number of hydrogen-bond donors (Lipinski definition) is 1. The number of morpholine rings is 1. The highest BCUT2D eigenvalue weighted by Crippen LogP contribution is 2.27. The molecule has 1 aromatic rings. The molecule has 1 heterocycles. The lowest BCUT2D eigenvalue weighted by Gasteiger charge is -2.39. The lowest BCUT2D eigenvalue weighted by atomic mass is 10.0. The molecule has 0 bridgehead atoms. The highest BCUT2D eigenvalue weighted by molar-refractivity contribution is 6.30. The number of carbonyl (C=O) groups is 1. The third-order valence-corrected chi connectivity index (χ3v) is 4.42. The van der Waals surface area contributed by atoms with Gasteiger partial charge in [0.2, 0.25) is 0 Å². The summed E-state index contributed by atoms with van der Waals surface area (Å²) in [6, 6.07) is 8.36. The van der Waals surface area contributed by atoms with Crippen molar-refractivity contribution in [3.8, 4) is 0 Å². The molecule has 1 aliphatic heterocycles. The minimum Gasteiger partial charge on any atom is -0.480 e. The molecule has 1 aliphatic rings. The van der Waals surface area contributed by atoms with Crippen molar-refractivity contribution in [2.24, 2.45) is 0 Å². The first-order valence-electron chi connectivity index (χ1n) is 8.01. The van der Waals surface area contributed by atoms with E-state index in [1.54, 1.807) is 4.90 Å². The molecule has 2 unspecified atom stereocenters. The Hall–Kier alpha value is -1.14. The van der Waals surface area contributed by atoms with Gasteiger partial charge in [0.05, 0.1) is 19.3 Å². The van der Waals surface area contributed by atoms with Crippen molar-refractivity contribution in [2.75, 3.05) is 39.8 Å². The van der Waals surface area contributed by atoms with Crippen LogP contribution < -0.4 is 0 Å². The fourth-order valence-electron chi connectivity index (χ4n) is 3.17. The number of benzene rings is 1. The molecule has 2 atom stereocenters. The van der Waals surface area contributed by atoms with E-state index < -0.39 is 5.97 Å². The molecule has 0 aliphatic carbocycles. The van der Waals surface area contributed by atoms with Gasteiger partial charge in [0.15, 0.2) is 0 Å². The van der Waals surface area contributed by atoms with Crippen molar-refractivity contribution < 1.29 is 14.6 Å².